The van der Waals surface area contributed by atoms with E-state index in [0.29, 0.717) is 42.1 Å². The van der Waals surface area contributed by atoms with Crippen molar-refractivity contribution in [2.45, 2.75) is 33.7 Å². The molecule has 2 aromatic carbocycles. The Bertz CT molecular complexity index is 1310. The first-order valence-corrected chi connectivity index (χ1v) is 10.6. The van der Waals surface area contributed by atoms with Gasteiger partial charge in [0.05, 0.1) is 16.8 Å². The quantitative estimate of drug-likeness (QED) is 0.418. The molecule has 2 heterocycles. The normalized spacial score (nSPS) is 11.1. The van der Waals surface area contributed by atoms with Gasteiger partial charge in [0.1, 0.15) is 18.0 Å². The second kappa shape index (κ2) is 8.78. The Labute approximate surface area is 185 Å². The summed E-state index contributed by atoms with van der Waals surface area (Å²) in [6.07, 6.45) is 2.10. The minimum Gasteiger partial charge on any atom is -0.478 e. The summed E-state index contributed by atoms with van der Waals surface area (Å²) in [5.74, 6) is -0.501. The average Bonchev–Trinajstić information content (AvgIpc) is 3.13. The molecule has 0 radical (unpaired) electrons. The van der Waals surface area contributed by atoms with Crippen LogP contribution in [0.1, 0.15) is 34.1 Å². The van der Waals surface area contributed by atoms with Crippen LogP contribution in [-0.4, -0.2) is 32.2 Å². The fourth-order valence-electron chi connectivity index (χ4n) is 4.05. The molecular weight excluding hydrogens is 407 g/mol. The molecule has 0 saturated heterocycles. The second-order valence-corrected chi connectivity index (χ2v) is 7.81. The number of nitrogens with one attached hydrogen (secondary N) is 1. The van der Waals surface area contributed by atoms with Gasteiger partial charge in [0.2, 0.25) is 0 Å². The maximum atomic E-state index is 14.5. The van der Waals surface area contributed by atoms with Crippen molar-refractivity contribution in [2.75, 3.05) is 11.9 Å². The first-order chi connectivity index (χ1) is 15.4. The Hall–Kier alpha value is -3.74. The van der Waals surface area contributed by atoms with E-state index >= 15 is 0 Å². The number of benzene rings is 2. The summed E-state index contributed by atoms with van der Waals surface area (Å²) in [5.41, 5.74) is 5.29. The summed E-state index contributed by atoms with van der Waals surface area (Å²) < 4.78 is 16.4. The molecule has 2 N–H and O–H groups in total. The van der Waals surface area contributed by atoms with Crippen LogP contribution >= 0.6 is 0 Å². The van der Waals surface area contributed by atoms with Gasteiger partial charge in [-0.2, -0.15) is 0 Å². The monoisotopic (exact) mass is 432 g/mol. The van der Waals surface area contributed by atoms with Gasteiger partial charge < -0.3 is 15.0 Å². The van der Waals surface area contributed by atoms with Crippen LogP contribution < -0.4 is 5.32 Å². The third kappa shape index (κ3) is 4.06. The fraction of sp³-hybridized carbons (Fsp3) is 0.240. The van der Waals surface area contributed by atoms with Crippen LogP contribution in [0, 0.1) is 19.7 Å². The third-order valence-corrected chi connectivity index (χ3v) is 5.76. The van der Waals surface area contributed by atoms with E-state index in [1.807, 2.05) is 43.5 Å². The zero-order chi connectivity index (χ0) is 22.8. The number of carboxylic acid groups (broad SMARTS) is 1. The third-order valence-electron chi connectivity index (χ3n) is 5.76. The Kier molecular flexibility index (Phi) is 5.90. The van der Waals surface area contributed by atoms with Gasteiger partial charge in [0, 0.05) is 35.8 Å². The molecule has 0 aliphatic carbocycles. The van der Waals surface area contributed by atoms with Crippen LogP contribution in [0.3, 0.4) is 0 Å². The van der Waals surface area contributed by atoms with Crippen molar-refractivity contribution in [3.05, 3.63) is 77.0 Å². The molecule has 32 heavy (non-hydrogen) atoms. The zero-order valence-corrected chi connectivity index (χ0v) is 18.3. The van der Waals surface area contributed by atoms with E-state index in [1.165, 1.54) is 12.4 Å². The maximum Gasteiger partial charge on any atom is 0.335 e. The van der Waals surface area contributed by atoms with Crippen LogP contribution in [0.25, 0.3) is 22.2 Å². The largest absolute Gasteiger partial charge is 0.478 e. The van der Waals surface area contributed by atoms with Gasteiger partial charge in [-0.1, -0.05) is 19.1 Å². The topological polar surface area (TPSA) is 80.0 Å². The van der Waals surface area contributed by atoms with Crippen molar-refractivity contribution >= 4 is 22.7 Å². The SMILES string of the molecule is CCc1cc(-c2cc(NCCn3c(C)cc4c(C)ccc(F)c43)ncn2)ccc1C(=O)O. The van der Waals surface area contributed by atoms with E-state index in [0.717, 1.165) is 27.8 Å². The number of carbonyl (C=O) groups is 1. The van der Waals surface area contributed by atoms with Crippen molar-refractivity contribution in [1.29, 1.82) is 0 Å². The van der Waals surface area contributed by atoms with Gasteiger partial charge >= 0.3 is 5.97 Å². The van der Waals surface area contributed by atoms with Crippen molar-refractivity contribution in [1.82, 2.24) is 14.5 Å². The molecule has 2 aromatic heterocycles. The lowest BCUT2D eigenvalue weighted by Crippen LogP contribution is -2.13. The number of hydrogen-bond acceptors (Lipinski definition) is 4. The highest BCUT2D eigenvalue weighted by Gasteiger charge is 2.13. The number of hydrogen-bond donors (Lipinski definition) is 2. The lowest BCUT2D eigenvalue weighted by atomic mass is 10.0. The van der Waals surface area contributed by atoms with Crippen molar-refractivity contribution < 1.29 is 14.3 Å². The Morgan fingerprint density at radius 1 is 1.12 bits per heavy atom. The molecule has 0 unspecified atom stereocenters. The van der Waals surface area contributed by atoms with Crippen molar-refractivity contribution in [3.8, 4) is 11.3 Å². The summed E-state index contributed by atoms with van der Waals surface area (Å²) in [6, 6.07) is 12.4. The highest BCUT2D eigenvalue weighted by molar-refractivity contribution is 5.90. The molecule has 0 bridgehead atoms. The first kappa shape index (κ1) is 21.5. The molecule has 6 nitrogen and oxygen atoms in total. The number of aromatic nitrogens is 3. The van der Waals surface area contributed by atoms with E-state index in [2.05, 4.69) is 15.3 Å². The molecule has 0 aliphatic heterocycles. The highest BCUT2D eigenvalue weighted by Crippen LogP contribution is 2.26. The van der Waals surface area contributed by atoms with E-state index in [1.54, 1.807) is 18.2 Å². The van der Waals surface area contributed by atoms with Crippen LogP contribution in [0.15, 0.2) is 48.8 Å². The van der Waals surface area contributed by atoms with Crippen molar-refractivity contribution in [3.63, 3.8) is 0 Å². The van der Waals surface area contributed by atoms with E-state index < -0.39 is 5.97 Å². The van der Waals surface area contributed by atoms with Crippen LogP contribution in [0.2, 0.25) is 0 Å². The Balaban J connectivity index is 1.53. The standard InChI is InChI=1S/C25H25FN4O2/c1-4-17-12-18(6-7-19(17)25(31)32)22-13-23(29-14-28-22)27-9-10-30-16(3)11-20-15(2)5-8-21(26)24(20)30/h5-8,11-14H,4,9-10H2,1-3H3,(H,31,32)(H,27,28,29). The smallest absolute Gasteiger partial charge is 0.335 e. The number of halogens is 1. The van der Waals surface area contributed by atoms with Crippen LogP contribution in [0.5, 0.6) is 0 Å². The minimum absolute atomic E-state index is 0.223. The molecule has 7 heteroatoms. The molecule has 4 rings (SSSR count). The lowest BCUT2D eigenvalue weighted by molar-refractivity contribution is 0.0695. The fourth-order valence-corrected chi connectivity index (χ4v) is 4.05. The average molecular weight is 432 g/mol. The summed E-state index contributed by atoms with van der Waals surface area (Å²) in [7, 11) is 0. The molecule has 0 spiro atoms. The summed E-state index contributed by atoms with van der Waals surface area (Å²) in [6.45, 7) is 7.04. The summed E-state index contributed by atoms with van der Waals surface area (Å²) in [4.78, 5) is 20.0. The lowest BCUT2D eigenvalue weighted by Gasteiger charge is -2.12. The molecule has 164 valence electrons. The molecule has 0 amide bonds. The molecule has 0 saturated carbocycles. The number of anilines is 1. The highest BCUT2D eigenvalue weighted by atomic mass is 19.1. The molecule has 0 fully saturated rings. The predicted molar refractivity (Wildman–Crippen MR) is 124 cm³/mol. The van der Waals surface area contributed by atoms with Gasteiger partial charge in [-0.15, -0.1) is 0 Å². The zero-order valence-electron chi connectivity index (χ0n) is 18.3. The first-order valence-electron chi connectivity index (χ1n) is 10.6. The number of aryl methyl sites for hydroxylation is 3. The van der Waals surface area contributed by atoms with E-state index in [-0.39, 0.29) is 5.82 Å². The number of carboxylic acids is 1. The van der Waals surface area contributed by atoms with Gasteiger partial charge in [-0.25, -0.2) is 19.2 Å². The summed E-state index contributed by atoms with van der Waals surface area (Å²) in [5, 5.41) is 13.6. The van der Waals surface area contributed by atoms with Crippen LogP contribution in [-0.2, 0) is 13.0 Å². The van der Waals surface area contributed by atoms with Gasteiger partial charge in [-0.3, -0.25) is 0 Å². The Morgan fingerprint density at radius 2 is 1.94 bits per heavy atom. The summed E-state index contributed by atoms with van der Waals surface area (Å²) >= 11 is 0. The number of fused-ring (bicyclic) bond motifs is 1. The maximum absolute atomic E-state index is 14.5. The van der Waals surface area contributed by atoms with Crippen molar-refractivity contribution in [2.24, 2.45) is 0 Å². The van der Waals surface area contributed by atoms with Gasteiger partial charge in [0.25, 0.3) is 0 Å². The number of rotatable bonds is 7. The molecular formula is C25H25FN4O2. The van der Waals surface area contributed by atoms with Gasteiger partial charge in [0.15, 0.2) is 0 Å². The predicted octanol–water partition coefficient (Wildman–Crippen LogP) is 5.23. The molecule has 0 aliphatic rings. The number of aromatic carboxylic acids is 1. The van der Waals surface area contributed by atoms with Gasteiger partial charge in [-0.05, 0) is 55.7 Å². The number of nitrogens with zero attached hydrogens (tertiary/aromatic N) is 3. The van der Waals surface area contributed by atoms with E-state index in [9.17, 15) is 14.3 Å². The minimum atomic E-state index is -0.932. The molecule has 4 aromatic rings. The second-order valence-electron chi connectivity index (χ2n) is 7.81. The molecule has 0 atom stereocenters. The van der Waals surface area contributed by atoms with E-state index in [4.69, 9.17) is 0 Å². The van der Waals surface area contributed by atoms with Crippen LogP contribution in [0.4, 0.5) is 10.2 Å². The Morgan fingerprint density at radius 3 is 2.69 bits per heavy atom.